The van der Waals surface area contributed by atoms with E-state index in [0.717, 1.165) is 16.0 Å². The second kappa shape index (κ2) is 9.05. The van der Waals surface area contributed by atoms with Gasteiger partial charge in [-0.05, 0) is 52.8 Å². The summed E-state index contributed by atoms with van der Waals surface area (Å²) in [5.74, 6) is -0.313. The van der Waals surface area contributed by atoms with Crippen LogP contribution in [0.4, 0.5) is 10.5 Å². The van der Waals surface area contributed by atoms with E-state index in [1.165, 1.54) is 11.1 Å². The third kappa shape index (κ3) is 4.33. The first-order valence-corrected chi connectivity index (χ1v) is 10.9. The minimum Gasteiger partial charge on any atom is -0.449 e. The van der Waals surface area contributed by atoms with Crippen molar-refractivity contribution in [3.05, 3.63) is 83.9 Å². The van der Waals surface area contributed by atoms with E-state index in [1.54, 1.807) is 11.8 Å². The van der Waals surface area contributed by atoms with Gasteiger partial charge in [0.2, 0.25) is 5.91 Å². The van der Waals surface area contributed by atoms with Gasteiger partial charge in [0.15, 0.2) is 0 Å². The Labute approximate surface area is 179 Å². The molecule has 2 amide bonds. The lowest BCUT2D eigenvalue weighted by Crippen LogP contribution is -2.33. The highest BCUT2D eigenvalue weighted by molar-refractivity contribution is 7.98. The summed E-state index contributed by atoms with van der Waals surface area (Å²) in [6, 6.07) is 23.8. The zero-order valence-electron chi connectivity index (χ0n) is 16.6. The molecule has 0 unspecified atom stereocenters. The number of hydrogen-bond donors (Lipinski definition) is 2. The summed E-state index contributed by atoms with van der Waals surface area (Å²) in [5.41, 5.74) is 5.34. The molecule has 0 fully saturated rings. The summed E-state index contributed by atoms with van der Waals surface area (Å²) in [7, 11) is 0. The third-order valence-corrected chi connectivity index (χ3v) is 5.85. The minimum atomic E-state index is -0.607. The predicted octanol–water partition coefficient (Wildman–Crippen LogP) is 4.89. The first-order chi connectivity index (χ1) is 14.7. The Morgan fingerprint density at radius 3 is 2.10 bits per heavy atom. The van der Waals surface area contributed by atoms with E-state index in [0.29, 0.717) is 5.69 Å². The van der Waals surface area contributed by atoms with Crippen LogP contribution in [0.25, 0.3) is 11.1 Å². The number of carbonyl (C=O) groups excluding carboxylic acids is 2. The first-order valence-electron chi connectivity index (χ1n) is 9.68. The molecule has 0 bridgehead atoms. The fourth-order valence-electron chi connectivity index (χ4n) is 3.68. The van der Waals surface area contributed by atoms with Crippen LogP contribution in [0.2, 0.25) is 0 Å². The van der Waals surface area contributed by atoms with Gasteiger partial charge >= 0.3 is 6.09 Å². The van der Waals surface area contributed by atoms with Crippen LogP contribution in [0, 0.1) is 0 Å². The van der Waals surface area contributed by atoms with Gasteiger partial charge in [-0.25, -0.2) is 4.79 Å². The molecule has 152 valence electrons. The first kappa shape index (κ1) is 20.0. The number of carbonyl (C=O) groups is 2. The standard InChI is InChI=1S/C24H22N2O3S/c1-30-17-12-10-16(11-13-17)26-23(27)14-25-24(28)29-15-22-20-8-4-2-6-18(20)19-7-3-5-9-21(19)22/h2-13,22H,14-15H2,1H3,(H,25,28)(H,26,27). The Morgan fingerprint density at radius 2 is 1.50 bits per heavy atom. The molecule has 0 aromatic heterocycles. The minimum absolute atomic E-state index is 0.00748. The van der Waals surface area contributed by atoms with Crippen molar-refractivity contribution in [2.45, 2.75) is 10.8 Å². The Bertz CT molecular complexity index is 1020. The number of nitrogens with one attached hydrogen (secondary N) is 2. The molecule has 0 saturated carbocycles. The van der Waals surface area contributed by atoms with Gasteiger partial charge in [-0.3, -0.25) is 4.79 Å². The third-order valence-electron chi connectivity index (χ3n) is 5.11. The van der Waals surface area contributed by atoms with Crippen molar-refractivity contribution in [3.63, 3.8) is 0 Å². The molecule has 1 aliphatic rings. The molecule has 4 rings (SSSR count). The van der Waals surface area contributed by atoms with Crippen LogP contribution >= 0.6 is 11.8 Å². The maximum atomic E-state index is 12.1. The molecule has 0 saturated heterocycles. The van der Waals surface area contributed by atoms with Crippen LogP contribution in [0.1, 0.15) is 17.0 Å². The number of fused-ring (bicyclic) bond motifs is 3. The van der Waals surface area contributed by atoms with E-state index in [-0.39, 0.29) is 25.0 Å². The van der Waals surface area contributed by atoms with Crippen molar-refractivity contribution >= 4 is 29.4 Å². The number of ether oxygens (including phenoxy) is 1. The Morgan fingerprint density at radius 1 is 0.900 bits per heavy atom. The normalized spacial score (nSPS) is 12.0. The topological polar surface area (TPSA) is 67.4 Å². The number of hydrogen-bond acceptors (Lipinski definition) is 4. The second-order valence-corrected chi connectivity index (χ2v) is 7.84. The van der Waals surface area contributed by atoms with Crippen LogP contribution in [0.3, 0.4) is 0 Å². The number of rotatable bonds is 6. The highest BCUT2D eigenvalue weighted by Gasteiger charge is 2.28. The van der Waals surface area contributed by atoms with E-state index in [4.69, 9.17) is 4.74 Å². The lowest BCUT2D eigenvalue weighted by molar-refractivity contribution is -0.115. The van der Waals surface area contributed by atoms with Gasteiger partial charge in [0, 0.05) is 16.5 Å². The second-order valence-electron chi connectivity index (χ2n) is 6.96. The molecule has 3 aromatic carbocycles. The lowest BCUT2D eigenvalue weighted by atomic mass is 9.98. The number of anilines is 1. The van der Waals surface area contributed by atoms with Crippen molar-refractivity contribution in [1.82, 2.24) is 5.32 Å². The Balaban J connectivity index is 1.30. The molecular formula is C24H22N2O3S. The van der Waals surface area contributed by atoms with Gasteiger partial charge in [0.1, 0.15) is 13.2 Å². The molecule has 0 radical (unpaired) electrons. The highest BCUT2D eigenvalue weighted by Crippen LogP contribution is 2.44. The van der Waals surface area contributed by atoms with E-state index < -0.39 is 6.09 Å². The molecule has 30 heavy (non-hydrogen) atoms. The SMILES string of the molecule is CSc1ccc(NC(=O)CNC(=O)OCC2c3ccccc3-c3ccccc32)cc1. The van der Waals surface area contributed by atoms with Crippen LogP contribution in [-0.4, -0.2) is 31.4 Å². The fourth-order valence-corrected chi connectivity index (χ4v) is 4.09. The van der Waals surface area contributed by atoms with Crippen LogP contribution < -0.4 is 10.6 Å². The Kier molecular flexibility index (Phi) is 6.05. The molecule has 0 spiro atoms. The van der Waals surface area contributed by atoms with Gasteiger partial charge in [-0.1, -0.05) is 48.5 Å². The van der Waals surface area contributed by atoms with E-state index in [1.807, 2.05) is 54.8 Å². The summed E-state index contributed by atoms with van der Waals surface area (Å²) in [6.07, 6.45) is 1.39. The van der Waals surface area contributed by atoms with E-state index in [2.05, 4.69) is 34.9 Å². The number of thioether (sulfide) groups is 1. The molecule has 2 N–H and O–H groups in total. The van der Waals surface area contributed by atoms with Crippen molar-refractivity contribution in [1.29, 1.82) is 0 Å². The van der Waals surface area contributed by atoms with E-state index >= 15 is 0 Å². The molecule has 0 aliphatic heterocycles. The molecule has 0 atom stereocenters. The molecule has 1 aliphatic carbocycles. The zero-order chi connectivity index (χ0) is 20.9. The van der Waals surface area contributed by atoms with Gasteiger partial charge in [-0.15, -0.1) is 11.8 Å². The number of benzene rings is 3. The zero-order valence-corrected chi connectivity index (χ0v) is 17.4. The van der Waals surface area contributed by atoms with Gasteiger partial charge in [-0.2, -0.15) is 0 Å². The average Bonchev–Trinajstić information content (AvgIpc) is 3.10. The monoisotopic (exact) mass is 418 g/mol. The highest BCUT2D eigenvalue weighted by atomic mass is 32.2. The van der Waals surface area contributed by atoms with Gasteiger partial charge in [0.25, 0.3) is 0 Å². The molecule has 3 aromatic rings. The summed E-state index contributed by atoms with van der Waals surface area (Å²) in [6.45, 7) is 0.0680. The molecule has 6 heteroatoms. The molecule has 5 nitrogen and oxygen atoms in total. The van der Waals surface area contributed by atoms with Crippen LogP contribution in [0.15, 0.2) is 77.7 Å². The maximum absolute atomic E-state index is 12.1. The van der Waals surface area contributed by atoms with Crippen molar-refractivity contribution in [3.8, 4) is 11.1 Å². The average molecular weight is 419 g/mol. The number of amides is 2. The van der Waals surface area contributed by atoms with Gasteiger partial charge < -0.3 is 15.4 Å². The van der Waals surface area contributed by atoms with Crippen molar-refractivity contribution in [2.24, 2.45) is 0 Å². The van der Waals surface area contributed by atoms with Gasteiger partial charge in [0.05, 0.1) is 0 Å². The van der Waals surface area contributed by atoms with Crippen LogP contribution in [0.5, 0.6) is 0 Å². The van der Waals surface area contributed by atoms with Crippen molar-refractivity contribution in [2.75, 3.05) is 24.7 Å². The summed E-state index contributed by atoms with van der Waals surface area (Å²) in [5, 5.41) is 5.27. The Hall–Kier alpha value is -3.25. The summed E-state index contributed by atoms with van der Waals surface area (Å²) in [4.78, 5) is 25.3. The van der Waals surface area contributed by atoms with Crippen LogP contribution in [-0.2, 0) is 9.53 Å². The van der Waals surface area contributed by atoms with Crippen molar-refractivity contribution < 1.29 is 14.3 Å². The molecular weight excluding hydrogens is 396 g/mol. The fraction of sp³-hybridized carbons (Fsp3) is 0.167. The summed E-state index contributed by atoms with van der Waals surface area (Å²) < 4.78 is 5.44. The largest absolute Gasteiger partial charge is 0.449 e. The maximum Gasteiger partial charge on any atom is 0.407 e. The lowest BCUT2D eigenvalue weighted by Gasteiger charge is -2.14. The molecule has 0 heterocycles. The quantitative estimate of drug-likeness (QED) is 0.560. The number of alkyl carbamates (subject to hydrolysis) is 1. The van der Waals surface area contributed by atoms with E-state index in [9.17, 15) is 9.59 Å². The summed E-state index contributed by atoms with van der Waals surface area (Å²) >= 11 is 1.63. The smallest absolute Gasteiger partial charge is 0.407 e. The predicted molar refractivity (Wildman–Crippen MR) is 120 cm³/mol.